The number of anilines is 1. The zero-order valence-electron chi connectivity index (χ0n) is 17.2. The Kier molecular flexibility index (Phi) is 5.98. The zero-order chi connectivity index (χ0) is 21.1. The van der Waals surface area contributed by atoms with Crippen molar-refractivity contribution in [2.24, 2.45) is 0 Å². The van der Waals surface area contributed by atoms with Crippen molar-refractivity contribution in [1.82, 2.24) is 15.3 Å². The van der Waals surface area contributed by atoms with Crippen LogP contribution in [0.4, 0.5) is 5.95 Å². The molecule has 0 spiro atoms. The molecule has 4 rings (SSSR count). The van der Waals surface area contributed by atoms with Crippen molar-refractivity contribution in [3.63, 3.8) is 0 Å². The van der Waals surface area contributed by atoms with Crippen LogP contribution in [-0.4, -0.2) is 66.4 Å². The van der Waals surface area contributed by atoms with Crippen LogP contribution in [0.3, 0.4) is 0 Å². The largest absolute Gasteiger partial charge is 0.473 e. The van der Waals surface area contributed by atoms with E-state index in [0.717, 1.165) is 37.1 Å². The van der Waals surface area contributed by atoms with Crippen LogP contribution in [0.25, 0.3) is 10.9 Å². The summed E-state index contributed by atoms with van der Waals surface area (Å²) in [5.41, 5.74) is 0.808. The van der Waals surface area contributed by atoms with Crippen molar-refractivity contribution in [3.05, 3.63) is 24.3 Å². The maximum atomic E-state index is 11.5. The number of hydrogen-bond donors (Lipinski definition) is 1. The zero-order valence-corrected chi connectivity index (χ0v) is 17.2. The molecule has 1 aliphatic carbocycles. The molecule has 1 saturated carbocycles. The highest BCUT2D eigenvalue weighted by atomic mass is 16.6. The number of ether oxygens (including phenoxy) is 3. The van der Waals surface area contributed by atoms with Gasteiger partial charge in [-0.1, -0.05) is 12.1 Å². The first kappa shape index (κ1) is 20.3. The summed E-state index contributed by atoms with van der Waals surface area (Å²) in [5.74, 6) is 0.304. The number of piperazine rings is 1. The molecule has 0 bridgehead atoms. The minimum atomic E-state index is -0.530. The van der Waals surface area contributed by atoms with E-state index in [2.05, 4.69) is 10.2 Å². The molecule has 9 heteroatoms. The van der Waals surface area contributed by atoms with E-state index < -0.39 is 24.1 Å². The number of nitrogens with one attached hydrogen (secondary N) is 1. The van der Waals surface area contributed by atoms with Gasteiger partial charge >= 0.3 is 11.9 Å². The first-order chi connectivity index (χ1) is 14.5. The number of esters is 2. The van der Waals surface area contributed by atoms with Crippen LogP contribution in [0.1, 0.15) is 26.7 Å². The third-order valence-corrected chi connectivity index (χ3v) is 5.27. The minimum absolute atomic E-state index is 0.298. The van der Waals surface area contributed by atoms with Crippen LogP contribution in [0.2, 0.25) is 0 Å². The van der Waals surface area contributed by atoms with E-state index in [1.807, 2.05) is 24.3 Å². The molecule has 0 radical (unpaired) electrons. The average Bonchev–Trinajstić information content (AvgIpc) is 3.07. The number of fused-ring (bicyclic) bond motifs is 1. The van der Waals surface area contributed by atoms with Gasteiger partial charge in [0.2, 0.25) is 11.8 Å². The van der Waals surface area contributed by atoms with Crippen LogP contribution >= 0.6 is 0 Å². The van der Waals surface area contributed by atoms with E-state index in [4.69, 9.17) is 24.2 Å². The van der Waals surface area contributed by atoms with E-state index in [9.17, 15) is 9.59 Å². The van der Waals surface area contributed by atoms with Gasteiger partial charge in [-0.05, 0) is 12.1 Å². The summed E-state index contributed by atoms with van der Waals surface area (Å²) < 4.78 is 17.0. The number of nitrogens with zero attached hydrogens (tertiary/aromatic N) is 3. The van der Waals surface area contributed by atoms with Gasteiger partial charge in [0.05, 0.1) is 10.9 Å². The lowest BCUT2D eigenvalue weighted by Crippen LogP contribution is -2.44. The maximum Gasteiger partial charge on any atom is 0.303 e. The SMILES string of the molecule is CC(=O)O[C@H]1C[C@H](Oc2nc(N3CCNCC3)nc3ccccc23)C[C@H]1OC(C)=O. The van der Waals surface area contributed by atoms with E-state index in [0.29, 0.717) is 24.7 Å². The fourth-order valence-electron chi connectivity index (χ4n) is 3.98. The predicted octanol–water partition coefficient (Wildman–Crippen LogP) is 1.44. The summed E-state index contributed by atoms with van der Waals surface area (Å²) in [5, 5.41) is 4.14. The Labute approximate surface area is 174 Å². The number of carbonyl (C=O) groups is 2. The van der Waals surface area contributed by atoms with Gasteiger partial charge in [-0.3, -0.25) is 9.59 Å². The summed E-state index contributed by atoms with van der Waals surface area (Å²) in [6.07, 6.45) is -0.500. The van der Waals surface area contributed by atoms with E-state index >= 15 is 0 Å². The Bertz CT molecular complexity index is 907. The van der Waals surface area contributed by atoms with Crippen molar-refractivity contribution in [3.8, 4) is 5.88 Å². The lowest BCUT2D eigenvalue weighted by molar-refractivity contribution is -0.162. The van der Waals surface area contributed by atoms with Crippen molar-refractivity contribution in [2.75, 3.05) is 31.1 Å². The van der Waals surface area contributed by atoms with Gasteiger partial charge in [-0.2, -0.15) is 4.98 Å². The lowest BCUT2D eigenvalue weighted by atomic mass is 10.2. The molecule has 2 aromatic rings. The van der Waals surface area contributed by atoms with Crippen LogP contribution in [0.5, 0.6) is 5.88 Å². The highest BCUT2D eigenvalue weighted by Crippen LogP contribution is 2.32. The molecule has 2 fully saturated rings. The van der Waals surface area contributed by atoms with Crippen molar-refractivity contribution in [2.45, 2.75) is 45.0 Å². The van der Waals surface area contributed by atoms with Crippen LogP contribution < -0.4 is 15.0 Å². The topological polar surface area (TPSA) is 103 Å². The summed E-state index contributed by atoms with van der Waals surface area (Å²) in [6.45, 7) is 6.09. The molecule has 0 unspecified atom stereocenters. The van der Waals surface area contributed by atoms with Crippen molar-refractivity contribution < 1.29 is 23.8 Å². The monoisotopic (exact) mass is 414 g/mol. The van der Waals surface area contributed by atoms with E-state index in [-0.39, 0.29) is 6.10 Å². The number of para-hydroxylation sites is 1. The van der Waals surface area contributed by atoms with Gasteiger partial charge in [0, 0.05) is 52.9 Å². The smallest absolute Gasteiger partial charge is 0.303 e. The van der Waals surface area contributed by atoms with E-state index in [1.54, 1.807) is 0 Å². The molecule has 1 aromatic carbocycles. The molecule has 2 heterocycles. The molecular weight excluding hydrogens is 388 g/mol. The van der Waals surface area contributed by atoms with Gasteiger partial charge in [0.1, 0.15) is 18.3 Å². The third-order valence-electron chi connectivity index (χ3n) is 5.27. The molecular formula is C21H26N4O5. The molecule has 1 aromatic heterocycles. The second kappa shape index (κ2) is 8.83. The first-order valence-electron chi connectivity index (χ1n) is 10.2. The average molecular weight is 414 g/mol. The van der Waals surface area contributed by atoms with Crippen LogP contribution in [0.15, 0.2) is 24.3 Å². The Balaban J connectivity index is 1.59. The molecule has 30 heavy (non-hydrogen) atoms. The number of carbonyl (C=O) groups excluding carboxylic acids is 2. The summed E-state index contributed by atoms with van der Waals surface area (Å²) >= 11 is 0. The van der Waals surface area contributed by atoms with E-state index in [1.165, 1.54) is 13.8 Å². The molecule has 0 amide bonds. The Hall–Kier alpha value is -2.94. The van der Waals surface area contributed by atoms with Crippen molar-refractivity contribution >= 4 is 28.8 Å². The van der Waals surface area contributed by atoms with Gasteiger partial charge in [-0.15, -0.1) is 0 Å². The number of aromatic nitrogens is 2. The molecule has 2 aliphatic rings. The Morgan fingerprint density at radius 2 is 1.63 bits per heavy atom. The highest BCUT2D eigenvalue weighted by Gasteiger charge is 2.40. The highest BCUT2D eigenvalue weighted by molar-refractivity contribution is 5.84. The van der Waals surface area contributed by atoms with Crippen molar-refractivity contribution in [1.29, 1.82) is 0 Å². The van der Waals surface area contributed by atoms with Crippen LogP contribution in [0, 0.1) is 0 Å². The first-order valence-corrected chi connectivity index (χ1v) is 10.2. The Morgan fingerprint density at radius 1 is 1.00 bits per heavy atom. The summed E-state index contributed by atoms with van der Waals surface area (Å²) in [7, 11) is 0. The quantitative estimate of drug-likeness (QED) is 0.728. The molecule has 3 atom stereocenters. The Morgan fingerprint density at radius 3 is 2.27 bits per heavy atom. The molecule has 160 valence electrons. The molecule has 1 aliphatic heterocycles. The number of benzene rings is 1. The number of hydrogen-bond acceptors (Lipinski definition) is 9. The van der Waals surface area contributed by atoms with Gasteiger partial charge in [0.15, 0.2) is 0 Å². The normalized spacial score (nSPS) is 23.9. The molecule has 9 nitrogen and oxygen atoms in total. The minimum Gasteiger partial charge on any atom is -0.473 e. The predicted molar refractivity (Wildman–Crippen MR) is 109 cm³/mol. The number of rotatable bonds is 5. The van der Waals surface area contributed by atoms with Gasteiger partial charge in [0.25, 0.3) is 0 Å². The third kappa shape index (κ3) is 4.62. The van der Waals surface area contributed by atoms with Gasteiger partial charge < -0.3 is 24.4 Å². The fraction of sp³-hybridized carbons (Fsp3) is 0.524. The lowest BCUT2D eigenvalue weighted by Gasteiger charge is -2.28. The standard InChI is InChI=1S/C21H26N4O5/c1-13(26)28-18-11-15(12-19(18)29-14(2)27)30-20-16-5-3-4-6-17(16)23-21(24-20)25-9-7-22-8-10-25/h3-6,15,18-19,22H,7-12H2,1-2H3/t15-,18-,19+. The fourth-order valence-corrected chi connectivity index (χ4v) is 3.98. The molecule has 1 N–H and O–H groups in total. The maximum absolute atomic E-state index is 11.5. The second-order valence-electron chi connectivity index (χ2n) is 7.59. The second-order valence-corrected chi connectivity index (χ2v) is 7.59. The summed E-state index contributed by atoms with van der Waals surface area (Å²) in [4.78, 5) is 34.5. The van der Waals surface area contributed by atoms with Crippen LogP contribution in [-0.2, 0) is 19.1 Å². The molecule has 1 saturated heterocycles. The summed E-state index contributed by atoms with van der Waals surface area (Å²) in [6, 6.07) is 7.71. The van der Waals surface area contributed by atoms with Gasteiger partial charge in [-0.25, -0.2) is 4.98 Å².